The predicted octanol–water partition coefficient (Wildman–Crippen LogP) is 2.81. The van der Waals surface area contributed by atoms with Gasteiger partial charge in [0.05, 0.1) is 12.6 Å². The van der Waals surface area contributed by atoms with Gasteiger partial charge in [0.1, 0.15) is 5.60 Å². The van der Waals surface area contributed by atoms with Gasteiger partial charge >= 0.3 is 6.09 Å². The average Bonchev–Trinajstić information content (AvgIpc) is 3.31. The number of halogens is 1. The van der Waals surface area contributed by atoms with Crippen LogP contribution in [0.25, 0.3) is 0 Å². The SMILES string of the molecule is CC(C)(C)OC(=O)N1CCN2C(NCc3ccc(CN4CCCC4=O)cc3)=NCC2C1.I. The Hall–Kier alpha value is -2.04. The van der Waals surface area contributed by atoms with E-state index in [1.54, 1.807) is 4.90 Å². The van der Waals surface area contributed by atoms with Crippen LogP contribution < -0.4 is 5.32 Å². The Labute approximate surface area is 207 Å². The van der Waals surface area contributed by atoms with Crippen LogP contribution in [0.1, 0.15) is 44.7 Å². The molecule has 2 amide bonds. The summed E-state index contributed by atoms with van der Waals surface area (Å²) >= 11 is 0. The van der Waals surface area contributed by atoms with Crippen molar-refractivity contribution in [1.29, 1.82) is 0 Å². The van der Waals surface area contributed by atoms with Crippen molar-refractivity contribution >= 4 is 41.9 Å². The number of aliphatic imine (C=N–C) groups is 1. The van der Waals surface area contributed by atoms with Gasteiger partial charge in [-0.15, -0.1) is 24.0 Å². The van der Waals surface area contributed by atoms with Gasteiger partial charge in [0, 0.05) is 45.7 Å². The highest BCUT2D eigenvalue weighted by Crippen LogP contribution is 2.19. The highest BCUT2D eigenvalue weighted by molar-refractivity contribution is 14.0. The van der Waals surface area contributed by atoms with Crippen molar-refractivity contribution in [2.45, 2.75) is 58.3 Å². The number of nitrogens with one attached hydrogen (secondary N) is 1. The van der Waals surface area contributed by atoms with E-state index in [-0.39, 0.29) is 42.0 Å². The van der Waals surface area contributed by atoms with Crippen LogP contribution in [-0.2, 0) is 22.6 Å². The number of guanidine groups is 1. The van der Waals surface area contributed by atoms with Crippen molar-refractivity contribution in [3.8, 4) is 0 Å². The molecule has 0 aliphatic carbocycles. The number of nitrogens with zero attached hydrogens (tertiary/aromatic N) is 4. The normalized spacial score (nSPS) is 20.6. The van der Waals surface area contributed by atoms with Gasteiger partial charge in [-0.2, -0.15) is 0 Å². The van der Waals surface area contributed by atoms with Crippen molar-refractivity contribution < 1.29 is 14.3 Å². The number of carbonyl (C=O) groups excluding carboxylic acids is 2. The molecule has 0 bridgehead atoms. The lowest BCUT2D eigenvalue weighted by molar-refractivity contribution is -0.128. The van der Waals surface area contributed by atoms with Gasteiger partial charge in [-0.25, -0.2) is 4.79 Å². The third-order valence-corrected chi connectivity index (χ3v) is 5.88. The fourth-order valence-electron chi connectivity index (χ4n) is 4.26. The topological polar surface area (TPSA) is 77.5 Å². The van der Waals surface area contributed by atoms with E-state index in [1.165, 1.54) is 5.56 Å². The Balaban J connectivity index is 0.00000289. The fourth-order valence-corrected chi connectivity index (χ4v) is 4.26. The van der Waals surface area contributed by atoms with Gasteiger partial charge in [-0.3, -0.25) is 9.79 Å². The number of hydrogen-bond acceptors (Lipinski definition) is 6. The van der Waals surface area contributed by atoms with E-state index in [1.807, 2.05) is 25.7 Å². The van der Waals surface area contributed by atoms with Gasteiger partial charge < -0.3 is 24.8 Å². The summed E-state index contributed by atoms with van der Waals surface area (Å²) in [5.74, 6) is 1.16. The van der Waals surface area contributed by atoms with Crippen LogP contribution in [0, 0.1) is 0 Å². The molecule has 3 aliphatic heterocycles. The summed E-state index contributed by atoms with van der Waals surface area (Å²) in [5, 5.41) is 3.46. The predicted molar refractivity (Wildman–Crippen MR) is 134 cm³/mol. The van der Waals surface area contributed by atoms with Crippen molar-refractivity contribution in [2.75, 3.05) is 32.7 Å². The van der Waals surface area contributed by atoms with E-state index in [0.717, 1.165) is 31.0 Å². The second kappa shape index (κ2) is 10.3. The number of benzene rings is 1. The highest BCUT2D eigenvalue weighted by atomic mass is 127. The van der Waals surface area contributed by atoms with E-state index < -0.39 is 5.60 Å². The number of carbonyl (C=O) groups is 2. The van der Waals surface area contributed by atoms with Gasteiger partial charge in [0.25, 0.3) is 0 Å². The molecule has 0 spiro atoms. The molecule has 0 aromatic heterocycles. The molecule has 1 atom stereocenters. The maximum atomic E-state index is 12.4. The van der Waals surface area contributed by atoms with Crippen LogP contribution in [0.15, 0.2) is 29.3 Å². The Morgan fingerprint density at radius 1 is 1.16 bits per heavy atom. The van der Waals surface area contributed by atoms with Crippen LogP contribution in [-0.4, -0.2) is 77.0 Å². The van der Waals surface area contributed by atoms with Crippen LogP contribution in [0.3, 0.4) is 0 Å². The molecule has 3 heterocycles. The molecule has 9 heteroatoms. The molecule has 1 aromatic carbocycles. The third-order valence-electron chi connectivity index (χ3n) is 5.88. The number of rotatable bonds is 4. The van der Waals surface area contributed by atoms with E-state index in [9.17, 15) is 9.59 Å². The lowest BCUT2D eigenvalue weighted by Crippen LogP contribution is -2.57. The Bertz CT molecular complexity index is 852. The lowest BCUT2D eigenvalue weighted by Gasteiger charge is -2.39. The highest BCUT2D eigenvalue weighted by Gasteiger charge is 2.36. The van der Waals surface area contributed by atoms with Gasteiger partial charge in [-0.05, 0) is 38.3 Å². The van der Waals surface area contributed by atoms with Gasteiger partial charge in [-0.1, -0.05) is 24.3 Å². The molecule has 32 heavy (non-hydrogen) atoms. The summed E-state index contributed by atoms with van der Waals surface area (Å²) in [7, 11) is 0. The quantitative estimate of drug-likeness (QED) is 0.579. The van der Waals surface area contributed by atoms with Crippen LogP contribution >= 0.6 is 24.0 Å². The lowest BCUT2D eigenvalue weighted by atomic mass is 10.1. The molecule has 1 aromatic rings. The Kier molecular flexibility index (Phi) is 7.89. The number of amides is 2. The van der Waals surface area contributed by atoms with Gasteiger partial charge in [0.15, 0.2) is 5.96 Å². The molecular formula is C23H34IN5O3. The summed E-state index contributed by atoms with van der Waals surface area (Å²) < 4.78 is 5.51. The standard InChI is InChI=1S/C23H33N5O3.HI/c1-23(2,3)31-22(30)27-11-12-28-19(16-27)14-25-21(28)24-13-17-6-8-18(9-7-17)15-26-10-4-5-20(26)29;/h6-9,19H,4-5,10-16H2,1-3H3,(H,24,25);1H. The van der Waals surface area contributed by atoms with Crippen molar-refractivity contribution in [3.05, 3.63) is 35.4 Å². The minimum Gasteiger partial charge on any atom is -0.444 e. The van der Waals surface area contributed by atoms with Crippen molar-refractivity contribution in [3.63, 3.8) is 0 Å². The second-order valence-corrected chi connectivity index (χ2v) is 9.53. The second-order valence-electron chi connectivity index (χ2n) is 9.53. The zero-order valence-electron chi connectivity index (χ0n) is 19.2. The Morgan fingerprint density at radius 2 is 1.88 bits per heavy atom. The summed E-state index contributed by atoms with van der Waals surface area (Å²) in [4.78, 5) is 34.8. The zero-order valence-corrected chi connectivity index (χ0v) is 21.5. The number of piperazine rings is 1. The molecule has 1 N–H and O–H groups in total. The summed E-state index contributed by atoms with van der Waals surface area (Å²) in [6.07, 6.45) is 1.40. The molecule has 3 aliphatic rings. The van der Waals surface area contributed by atoms with E-state index >= 15 is 0 Å². The molecule has 8 nitrogen and oxygen atoms in total. The smallest absolute Gasteiger partial charge is 0.410 e. The maximum absolute atomic E-state index is 12.4. The number of fused-ring (bicyclic) bond motifs is 1. The largest absolute Gasteiger partial charge is 0.444 e. The fraction of sp³-hybridized carbons (Fsp3) is 0.609. The number of likely N-dealkylation sites (tertiary alicyclic amines) is 1. The third kappa shape index (κ3) is 6.05. The number of ether oxygens (including phenoxy) is 1. The summed E-state index contributed by atoms with van der Waals surface area (Å²) in [5.41, 5.74) is 1.86. The first-order chi connectivity index (χ1) is 14.8. The molecule has 1 unspecified atom stereocenters. The van der Waals surface area contributed by atoms with Crippen molar-refractivity contribution in [2.24, 2.45) is 4.99 Å². The first-order valence-corrected chi connectivity index (χ1v) is 11.2. The number of hydrogen-bond donors (Lipinski definition) is 1. The molecule has 0 saturated carbocycles. The molecule has 2 fully saturated rings. The van der Waals surface area contributed by atoms with E-state index in [0.29, 0.717) is 39.1 Å². The minimum absolute atomic E-state index is 0. The molecular weight excluding hydrogens is 521 g/mol. The van der Waals surface area contributed by atoms with Crippen LogP contribution in [0.4, 0.5) is 4.79 Å². The molecule has 0 radical (unpaired) electrons. The molecule has 4 rings (SSSR count). The van der Waals surface area contributed by atoms with Crippen LogP contribution in [0.2, 0.25) is 0 Å². The summed E-state index contributed by atoms with van der Waals surface area (Å²) in [6.45, 7) is 10.6. The first kappa shape index (κ1) is 24.6. The maximum Gasteiger partial charge on any atom is 0.410 e. The first-order valence-electron chi connectivity index (χ1n) is 11.2. The summed E-state index contributed by atoms with van der Waals surface area (Å²) in [6, 6.07) is 8.61. The Morgan fingerprint density at radius 3 is 2.53 bits per heavy atom. The van der Waals surface area contributed by atoms with Crippen LogP contribution in [0.5, 0.6) is 0 Å². The monoisotopic (exact) mass is 555 g/mol. The molecule has 176 valence electrons. The average molecular weight is 555 g/mol. The van der Waals surface area contributed by atoms with Gasteiger partial charge in [0.2, 0.25) is 5.91 Å². The van der Waals surface area contributed by atoms with E-state index in [4.69, 9.17) is 4.74 Å². The molecule has 2 saturated heterocycles. The zero-order chi connectivity index (χ0) is 22.0. The van der Waals surface area contributed by atoms with E-state index in [2.05, 4.69) is 39.5 Å². The minimum atomic E-state index is -0.479. The van der Waals surface area contributed by atoms with Crippen molar-refractivity contribution in [1.82, 2.24) is 20.0 Å².